The van der Waals surface area contributed by atoms with Crippen LogP contribution in [0.15, 0.2) is 0 Å². The van der Waals surface area contributed by atoms with Crippen LogP contribution in [-0.4, -0.2) is 0 Å². The molecule has 5 aliphatic rings. The lowest BCUT2D eigenvalue weighted by molar-refractivity contribution is -0.339. The van der Waals surface area contributed by atoms with Crippen LogP contribution in [0.2, 0.25) is 0 Å². The SMILES string of the molecule is C1CCCCCCCCCCCCCCCCCCCCC2C(CCCCCCCCCCCCCCCCCCC1)C1C2C2C3CCC3C12. The Bertz CT molecular complexity index is 732. The molecule has 0 N–H and O–H groups in total. The van der Waals surface area contributed by atoms with Crippen molar-refractivity contribution >= 4 is 0 Å². The Kier molecular flexibility index (Phi) is 21.3. The Morgan fingerprint density at radius 2 is 0.240 bits per heavy atom. The third-order valence-electron chi connectivity index (χ3n) is 16.0. The van der Waals surface area contributed by atoms with Crippen LogP contribution < -0.4 is 0 Å². The lowest BCUT2D eigenvalue weighted by Gasteiger charge is -2.81. The average molecular weight is 693 g/mol. The minimum Gasteiger partial charge on any atom is -0.0533 e. The van der Waals surface area contributed by atoms with Crippen molar-refractivity contribution in [2.45, 2.75) is 270 Å². The maximum absolute atomic E-state index is 1.62. The first-order valence-corrected chi connectivity index (χ1v) is 25.0. The Morgan fingerprint density at radius 1 is 0.120 bits per heavy atom. The van der Waals surface area contributed by atoms with Gasteiger partial charge in [-0.3, -0.25) is 0 Å². The topological polar surface area (TPSA) is 0 Å². The van der Waals surface area contributed by atoms with Gasteiger partial charge in [0.25, 0.3) is 0 Å². The van der Waals surface area contributed by atoms with Crippen LogP contribution in [-0.2, 0) is 0 Å². The summed E-state index contributed by atoms with van der Waals surface area (Å²) in [5.74, 6) is 9.67. The van der Waals surface area contributed by atoms with Gasteiger partial charge in [0.1, 0.15) is 0 Å². The zero-order valence-corrected chi connectivity index (χ0v) is 34.3. The standard InChI is InChI=1S/C50H92/c1-2-4-6-8-10-12-14-16-18-20-22-24-26-28-30-32-34-36-38-40-44-43(47-48(44)50-46-42-41-45(46)49(47)50)39-37-35-33-31-29-27-25-23-21-19-17-15-13-11-9-7-5-3-1/h43-50H,1-42H2. The first-order valence-electron chi connectivity index (χ1n) is 25.0. The quantitative estimate of drug-likeness (QED) is 0.222. The largest absolute Gasteiger partial charge is 0.0533 e. The van der Waals surface area contributed by atoms with Gasteiger partial charge in [-0.15, -0.1) is 0 Å². The van der Waals surface area contributed by atoms with Crippen LogP contribution in [0.4, 0.5) is 0 Å². The van der Waals surface area contributed by atoms with Gasteiger partial charge in [0.15, 0.2) is 0 Å². The molecular weight excluding hydrogens is 601 g/mol. The molecule has 5 aliphatic carbocycles. The van der Waals surface area contributed by atoms with Gasteiger partial charge < -0.3 is 0 Å². The van der Waals surface area contributed by atoms with Crippen molar-refractivity contribution in [1.82, 2.24) is 0 Å². The molecule has 0 aliphatic heterocycles. The van der Waals surface area contributed by atoms with E-state index in [4.69, 9.17) is 0 Å². The Labute approximate surface area is 316 Å². The normalized spacial score (nSPS) is 37.4. The fourth-order valence-corrected chi connectivity index (χ4v) is 12.9. The highest BCUT2D eigenvalue weighted by molar-refractivity contribution is 5.23. The van der Waals surface area contributed by atoms with Gasteiger partial charge in [-0.05, 0) is 73.0 Å². The monoisotopic (exact) mass is 693 g/mol. The summed E-state index contributed by atoms with van der Waals surface area (Å²) in [6, 6.07) is 0. The van der Waals surface area contributed by atoms with Crippen molar-refractivity contribution in [3.05, 3.63) is 0 Å². The van der Waals surface area contributed by atoms with Crippen LogP contribution in [0.5, 0.6) is 0 Å². The molecule has 292 valence electrons. The molecule has 0 bridgehead atoms. The van der Waals surface area contributed by atoms with Crippen molar-refractivity contribution in [2.75, 3.05) is 0 Å². The summed E-state index contributed by atoms with van der Waals surface area (Å²) in [5, 5.41) is 0. The van der Waals surface area contributed by atoms with E-state index in [1.54, 1.807) is 51.4 Å². The molecule has 5 rings (SSSR count). The second-order valence-corrected chi connectivity index (χ2v) is 19.6. The van der Waals surface area contributed by atoms with Crippen LogP contribution in [0.1, 0.15) is 270 Å². The van der Waals surface area contributed by atoms with E-state index in [1.165, 1.54) is 254 Å². The van der Waals surface area contributed by atoms with Crippen molar-refractivity contribution < 1.29 is 0 Å². The molecule has 0 aromatic carbocycles. The zero-order chi connectivity index (χ0) is 34.3. The van der Waals surface area contributed by atoms with E-state index in [9.17, 15) is 0 Å². The van der Waals surface area contributed by atoms with E-state index < -0.39 is 0 Å². The fourth-order valence-electron chi connectivity index (χ4n) is 12.9. The third-order valence-corrected chi connectivity index (χ3v) is 16.0. The molecular formula is C50H92. The van der Waals surface area contributed by atoms with Crippen molar-refractivity contribution in [3.8, 4) is 0 Å². The predicted molar refractivity (Wildman–Crippen MR) is 222 cm³/mol. The van der Waals surface area contributed by atoms with Crippen LogP contribution in [0.3, 0.4) is 0 Å². The first-order chi connectivity index (χ1) is 25.0. The molecule has 0 amide bonds. The number of hydrogen-bond acceptors (Lipinski definition) is 0. The summed E-state index contributed by atoms with van der Waals surface area (Å²) in [6.45, 7) is 0. The van der Waals surface area contributed by atoms with Crippen molar-refractivity contribution in [2.24, 2.45) is 47.3 Å². The number of hydrogen-bond donors (Lipinski definition) is 0. The van der Waals surface area contributed by atoms with Crippen LogP contribution in [0.25, 0.3) is 0 Å². The molecule has 0 heteroatoms. The van der Waals surface area contributed by atoms with E-state index in [2.05, 4.69) is 0 Å². The second kappa shape index (κ2) is 25.9. The summed E-state index contributed by atoms with van der Waals surface area (Å²) >= 11 is 0. The molecule has 5 fully saturated rings. The lowest BCUT2D eigenvalue weighted by Crippen LogP contribution is -2.77. The Morgan fingerprint density at radius 3 is 0.380 bits per heavy atom. The van der Waals surface area contributed by atoms with Crippen molar-refractivity contribution in [1.29, 1.82) is 0 Å². The number of rotatable bonds is 0. The molecule has 0 aromatic heterocycles. The molecule has 50 heavy (non-hydrogen) atoms. The molecule has 8 atom stereocenters. The average Bonchev–Trinajstić information content (AvgIpc) is 3.11. The number of fused-ring (bicyclic) bond motifs is 10. The third kappa shape index (κ3) is 13.7. The molecule has 0 nitrogen and oxygen atoms in total. The summed E-state index contributed by atoms with van der Waals surface area (Å²) in [7, 11) is 0. The maximum atomic E-state index is 1.62. The summed E-state index contributed by atoms with van der Waals surface area (Å²) in [6.07, 6.45) is 64.0. The van der Waals surface area contributed by atoms with Gasteiger partial charge >= 0.3 is 0 Å². The van der Waals surface area contributed by atoms with Gasteiger partial charge in [-0.1, -0.05) is 244 Å². The first kappa shape index (κ1) is 41.2. The summed E-state index contributed by atoms with van der Waals surface area (Å²) < 4.78 is 0. The lowest BCUT2D eigenvalue weighted by atomic mass is 9.23. The van der Waals surface area contributed by atoms with Gasteiger partial charge in [0, 0.05) is 0 Å². The highest BCUT2D eigenvalue weighted by Gasteiger charge is 2.75. The molecule has 8 unspecified atom stereocenters. The van der Waals surface area contributed by atoms with Crippen molar-refractivity contribution in [3.63, 3.8) is 0 Å². The molecule has 5 saturated carbocycles. The smallest absolute Gasteiger partial charge is 0.0315 e. The fraction of sp³-hybridized carbons (Fsp3) is 1.00. The highest BCUT2D eigenvalue weighted by atomic mass is 14.8. The summed E-state index contributed by atoms with van der Waals surface area (Å²) in [4.78, 5) is 0. The van der Waals surface area contributed by atoms with Gasteiger partial charge in [-0.2, -0.15) is 0 Å². The molecule has 0 spiro atoms. The van der Waals surface area contributed by atoms with E-state index >= 15 is 0 Å². The second-order valence-electron chi connectivity index (χ2n) is 19.6. The van der Waals surface area contributed by atoms with Gasteiger partial charge in [0.2, 0.25) is 0 Å². The molecule has 0 heterocycles. The van der Waals surface area contributed by atoms with Crippen LogP contribution >= 0.6 is 0 Å². The van der Waals surface area contributed by atoms with Gasteiger partial charge in [-0.25, -0.2) is 0 Å². The van der Waals surface area contributed by atoms with Gasteiger partial charge in [0.05, 0.1) is 0 Å². The van der Waals surface area contributed by atoms with E-state index in [0.717, 1.165) is 11.8 Å². The predicted octanol–water partition coefficient (Wildman–Crippen LogP) is 17.4. The molecule has 0 aromatic rings. The molecule has 0 radical (unpaired) electrons. The summed E-state index contributed by atoms with van der Waals surface area (Å²) in [5.41, 5.74) is 0. The highest BCUT2D eigenvalue weighted by Crippen LogP contribution is 2.80. The minimum atomic E-state index is 1.16. The Balaban J connectivity index is 0.898. The maximum Gasteiger partial charge on any atom is -0.0315 e. The zero-order valence-electron chi connectivity index (χ0n) is 34.3. The van der Waals surface area contributed by atoms with Crippen LogP contribution in [0, 0.1) is 47.3 Å². The van der Waals surface area contributed by atoms with E-state index in [1.807, 2.05) is 0 Å². The van der Waals surface area contributed by atoms with E-state index in [0.29, 0.717) is 0 Å². The Hall–Kier alpha value is 0. The molecule has 0 saturated heterocycles. The minimum absolute atomic E-state index is 1.16. The van der Waals surface area contributed by atoms with E-state index in [-0.39, 0.29) is 0 Å².